The molecule has 2 heterocycles. The number of nitrogens with zero attached hydrogens (tertiary/aromatic N) is 2. The number of nitrogens with one attached hydrogen (secondary N) is 1. The summed E-state index contributed by atoms with van der Waals surface area (Å²) in [7, 11) is 1.91. The van der Waals surface area contributed by atoms with Crippen molar-refractivity contribution in [2.75, 3.05) is 12.1 Å². The molecule has 100 valence electrons. The molecule has 2 aromatic rings. The molecule has 1 N–H and O–H groups in total. The summed E-state index contributed by atoms with van der Waals surface area (Å²) in [5.41, 5.74) is 1.90. The first kappa shape index (κ1) is 12.2. The van der Waals surface area contributed by atoms with Gasteiger partial charge < -0.3 is 14.8 Å². The van der Waals surface area contributed by atoms with Crippen LogP contribution in [0.2, 0.25) is 5.02 Å². The summed E-state index contributed by atoms with van der Waals surface area (Å²) >= 11 is 6.23. The van der Waals surface area contributed by atoms with E-state index in [1.165, 1.54) is 0 Å². The molecule has 0 bridgehead atoms. The molecule has 0 saturated carbocycles. The molecule has 19 heavy (non-hydrogen) atoms. The van der Waals surface area contributed by atoms with Crippen molar-refractivity contribution in [2.45, 2.75) is 13.0 Å². The fourth-order valence-electron chi connectivity index (χ4n) is 2.14. The smallest absolute Gasteiger partial charge is 0.231 e. The van der Waals surface area contributed by atoms with Gasteiger partial charge in [-0.05, 0) is 13.0 Å². The minimum absolute atomic E-state index is 0.0883. The lowest BCUT2D eigenvalue weighted by molar-refractivity contribution is 0.174. The van der Waals surface area contributed by atoms with Gasteiger partial charge in [0.2, 0.25) is 6.79 Å². The van der Waals surface area contributed by atoms with Gasteiger partial charge in [0.15, 0.2) is 11.5 Å². The zero-order chi connectivity index (χ0) is 13.4. The molecule has 6 heteroatoms. The predicted molar refractivity (Wildman–Crippen MR) is 72.8 cm³/mol. The Morgan fingerprint density at radius 3 is 2.79 bits per heavy atom. The highest BCUT2D eigenvalue weighted by molar-refractivity contribution is 6.33. The van der Waals surface area contributed by atoms with Gasteiger partial charge >= 0.3 is 0 Å². The molecule has 1 aliphatic rings. The molecule has 1 atom stereocenters. The summed E-state index contributed by atoms with van der Waals surface area (Å²) in [4.78, 5) is 0. The molecule has 0 spiro atoms. The number of aryl methyl sites for hydroxylation is 1. The predicted octanol–water partition coefficient (Wildman–Crippen LogP) is 2.98. The lowest BCUT2D eigenvalue weighted by Gasteiger charge is -2.17. The Hall–Kier alpha value is -1.88. The molecule has 0 radical (unpaired) electrons. The fraction of sp³-hybridized carbons (Fsp3) is 0.308. The van der Waals surface area contributed by atoms with E-state index >= 15 is 0 Å². The van der Waals surface area contributed by atoms with Crippen LogP contribution in [-0.4, -0.2) is 16.6 Å². The molecule has 3 rings (SSSR count). The SMILES string of the molecule is CC(Nc1cc2c(cc1Cl)OCO2)c1ccnn1C. The molecule has 0 aliphatic carbocycles. The summed E-state index contributed by atoms with van der Waals surface area (Å²) in [6.07, 6.45) is 1.77. The van der Waals surface area contributed by atoms with E-state index in [2.05, 4.69) is 17.3 Å². The molecular formula is C13H14ClN3O2. The second-order valence-electron chi connectivity index (χ2n) is 4.43. The highest BCUT2D eigenvalue weighted by Crippen LogP contribution is 2.40. The van der Waals surface area contributed by atoms with Crippen molar-refractivity contribution in [1.82, 2.24) is 9.78 Å². The topological polar surface area (TPSA) is 48.3 Å². The van der Waals surface area contributed by atoms with Crippen LogP contribution in [0.25, 0.3) is 0 Å². The zero-order valence-corrected chi connectivity index (χ0v) is 11.4. The van der Waals surface area contributed by atoms with E-state index in [1.807, 2.05) is 23.9 Å². The van der Waals surface area contributed by atoms with Gasteiger partial charge in [-0.1, -0.05) is 11.6 Å². The number of ether oxygens (including phenoxy) is 2. The minimum Gasteiger partial charge on any atom is -0.454 e. The van der Waals surface area contributed by atoms with Crippen molar-refractivity contribution < 1.29 is 9.47 Å². The third-order valence-electron chi connectivity index (χ3n) is 3.14. The van der Waals surface area contributed by atoms with Gasteiger partial charge in [0.1, 0.15) is 0 Å². The monoisotopic (exact) mass is 279 g/mol. The second kappa shape index (κ2) is 4.66. The molecule has 0 saturated heterocycles. The minimum atomic E-state index is 0.0883. The number of hydrogen-bond acceptors (Lipinski definition) is 4. The first-order valence-electron chi connectivity index (χ1n) is 5.99. The Morgan fingerprint density at radius 1 is 1.37 bits per heavy atom. The van der Waals surface area contributed by atoms with Gasteiger partial charge in [-0.15, -0.1) is 0 Å². The summed E-state index contributed by atoms with van der Waals surface area (Å²) in [6, 6.07) is 5.68. The molecule has 0 amide bonds. The van der Waals surface area contributed by atoms with Crippen LogP contribution in [0.5, 0.6) is 11.5 Å². The van der Waals surface area contributed by atoms with Crippen molar-refractivity contribution in [1.29, 1.82) is 0 Å². The van der Waals surface area contributed by atoms with Gasteiger partial charge in [0.05, 0.1) is 22.4 Å². The molecule has 1 aromatic carbocycles. The summed E-state index contributed by atoms with van der Waals surface area (Å²) in [5.74, 6) is 1.40. The molecular weight excluding hydrogens is 266 g/mol. The summed E-state index contributed by atoms with van der Waals surface area (Å²) in [5, 5.41) is 8.12. The second-order valence-corrected chi connectivity index (χ2v) is 4.84. The van der Waals surface area contributed by atoms with E-state index in [4.69, 9.17) is 21.1 Å². The van der Waals surface area contributed by atoms with E-state index in [-0.39, 0.29) is 12.8 Å². The van der Waals surface area contributed by atoms with Crippen molar-refractivity contribution >= 4 is 17.3 Å². The highest BCUT2D eigenvalue weighted by Gasteiger charge is 2.18. The van der Waals surface area contributed by atoms with Crippen molar-refractivity contribution in [2.24, 2.45) is 7.05 Å². The number of fused-ring (bicyclic) bond motifs is 1. The van der Waals surface area contributed by atoms with Gasteiger partial charge in [-0.25, -0.2) is 0 Å². The Bertz CT molecular complexity index is 612. The number of rotatable bonds is 3. The van der Waals surface area contributed by atoms with Crippen LogP contribution in [0.4, 0.5) is 5.69 Å². The average molecular weight is 280 g/mol. The van der Waals surface area contributed by atoms with E-state index in [1.54, 1.807) is 12.3 Å². The van der Waals surface area contributed by atoms with E-state index in [9.17, 15) is 0 Å². The lowest BCUT2D eigenvalue weighted by atomic mass is 10.2. The Labute approximate surface area is 116 Å². The average Bonchev–Trinajstić information content (AvgIpc) is 2.98. The van der Waals surface area contributed by atoms with E-state index in [0.29, 0.717) is 16.5 Å². The van der Waals surface area contributed by atoms with Crippen LogP contribution in [0, 0.1) is 0 Å². The fourth-order valence-corrected chi connectivity index (χ4v) is 2.35. The number of aromatic nitrogens is 2. The highest BCUT2D eigenvalue weighted by atomic mass is 35.5. The van der Waals surface area contributed by atoms with Crippen LogP contribution in [0.1, 0.15) is 18.7 Å². The Balaban J connectivity index is 1.86. The quantitative estimate of drug-likeness (QED) is 0.938. The normalized spacial score (nSPS) is 14.5. The maximum absolute atomic E-state index is 6.23. The van der Waals surface area contributed by atoms with Gasteiger partial charge in [-0.3, -0.25) is 4.68 Å². The third kappa shape index (κ3) is 2.21. The lowest BCUT2D eigenvalue weighted by Crippen LogP contribution is -2.11. The molecule has 1 aromatic heterocycles. The van der Waals surface area contributed by atoms with Crippen LogP contribution < -0.4 is 14.8 Å². The summed E-state index contributed by atoms with van der Waals surface area (Å²) < 4.78 is 12.5. The maximum atomic E-state index is 6.23. The van der Waals surface area contributed by atoms with Crippen LogP contribution >= 0.6 is 11.6 Å². The Morgan fingerprint density at radius 2 is 2.11 bits per heavy atom. The first-order valence-corrected chi connectivity index (χ1v) is 6.36. The van der Waals surface area contributed by atoms with Crippen LogP contribution in [0.3, 0.4) is 0 Å². The largest absolute Gasteiger partial charge is 0.454 e. The number of benzene rings is 1. The first-order chi connectivity index (χ1) is 9.15. The Kier molecular flexibility index (Phi) is 2.98. The molecule has 0 fully saturated rings. The number of hydrogen-bond donors (Lipinski definition) is 1. The van der Waals surface area contributed by atoms with Crippen LogP contribution in [-0.2, 0) is 7.05 Å². The van der Waals surface area contributed by atoms with Crippen molar-refractivity contribution in [3.05, 3.63) is 35.1 Å². The number of halogens is 1. The molecule has 1 unspecified atom stereocenters. The molecule has 1 aliphatic heterocycles. The third-order valence-corrected chi connectivity index (χ3v) is 3.45. The van der Waals surface area contributed by atoms with E-state index < -0.39 is 0 Å². The standard InChI is InChI=1S/C13H14ClN3O2/c1-8(11-3-4-15-17(11)2)16-10-6-13-12(5-9(10)14)18-7-19-13/h3-6,8,16H,7H2,1-2H3. The maximum Gasteiger partial charge on any atom is 0.231 e. The van der Waals surface area contributed by atoms with Crippen LogP contribution in [0.15, 0.2) is 24.4 Å². The molecule has 5 nitrogen and oxygen atoms in total. The van der Waals surface area contributed by atoms with E-state index in [0.717, 1.165) is 11.4 Å². The van der Waals surface area contributed by atoms with Crippen molar-refractivity contribution in [3.63, 3.8) is 0 Å². The van der Waals surface area contributed by atoms with Gasteiger partial charge in [0.25, 0.3) is 0 Å². The van der Waals surface area contributed by atoms with Crippen molar-refractivity contribution in [3.8, 4) is 11.5 Å². The zero-order valence-electron chi connectivity index (χ0n) is 10.7. The van der Waals surface area contributed by atoms with Gasteiger partial charge in [0, 0.05) is 25.4 Å². The summed E-state index contributed by atoms with van der Waals surface area (Å²) in [6.45, 7) is 2.30. The van der Waals surface area contributed by atoms with Gasteiger partial charge in [-0.2, -0.15) is 5.10 Å². The number of anilines is 1.